The van der Waals surface area contributed by atoms with Gasteiger partial charge in [0.25, 0.3) is 11.8 Å². The molecule has 4 rings (SSSR count). The van der Waals surface area contributed by atoms with Gasteiger partial charge in [-0.25, -0.2) is 9.98 Å². The van der Waals surface area contributed by atoms with Crippen LogP contribution in [0.1, 0.15) is 22.5 Å². The lowest BCUT2D eigenvalue weighted by atomic mass is 10.1. The molecule has 11 heteroatoms. The number of nitrogens with one attached hydrogen (secondary N) is 2. The molecule has 0 saturated carbocycles. The number of aromatic nitrogens is 3. The number of aliphatic imine (C=N–C) groups is 1. The molecule has 0 aliphatic carbocycles. The molecule has 2 aromatic heterocycles. The van der Waals surface area contributed by atoms with E-state index in [-0.39, 0.29) is 18.0 Å². The van der Waals surface area contributed by atoms with Crippen LogP contribution in [0, 0.1) is 5.92 Å². The third-order valence-electron chi connectivity index (χ3n) is 4.88. The molecule has 2 aromatic rings. The van der Waals surface area contributed by atoms with Crippen molar-refractivity contribution in [3.63, 3.8) is 0 Å². The zero-order chi connectivity index (χ0) is 21.1. The predicted octanol–water partition coefficient (Wildman–Crippen LogP) is 0.147. The molecule has 4 N–H and O–H groups in total. The number of anilines is 2. The van der Waals surface area contributed by atoms with Gasteiger partial charge in [-0.1, -0.05) is 0 Å². The highest BCUT2D eigenvalue weighted by atomic mass is 16.5. The number of carbonyl (C=O) groups excluding carboxylic acids is 2. The van der Waals surface area contributed by atoms with Gasteiger partial charge in [0.15, 0.2) is 11.7 Å². The number of aryl methyl sites for hydroxylation is 1. The highest BCUT2D eigenvalue weighted by Gasteiger charge is 2.28. The number of pyridine rings is 1. The minimum absolute atomic E-state index is 0.00789. The summed E-state index contributed by atoms with van der Waals surface area (Å²) in [7, 11) is 1.63. The van der Waals surface area contributed by atoms with Crippen molar-refractivity contribution in [3.05, 3.63) is 35.8 Å². The average molecular weight is 413 g/mol. The first-order chi connectivity index (χ1) is 14.5. The summed E-state index contributed by atoms with van der Waals surface area (Å²) in [5, 5.41) is 9.89. The van der Waals surface area contributed by atoms with Gasteiger partial charge in [0.1, 0.15) is 12.4 Å². The van der Waals surface area contributed by atoms with Crippen molar-refractivity contribution < 1.29 is 19.1 Å². The number of hydrogen-bond acceptors (Lipinski definition) is 8. The van der Waals surface area contributed by atoms with E-state index in [4.69, 9.17) is 15.2 Å². The van der Waals surface area contributed by atoms with Crippen LogP contribution in [0.15, 0.2) is 29.5 Å². The smallest absolute Gasteiger partial charge is 0.271 e. The molecule has 11 nitrogen and oxygen atoms in total. The van der Waals surface area contributed by atoms with Crippen LogP contribution >= 0.6 is 0 Å². The Morgan fingerprint density at radius 2 is 2.23 bits per heavy atom. The first-order valence-electron chi connectivity index (χ1n) is 9.62. The Kier molecular flexibility index (Phi) is 5.61. The third kappa shape index (κ3) is 4.40. The molecule has 1 saturated heterocycles. The van der Waals surface area contributed by atoms with Crippen molar-refractivity contribution in [2.75, 3.05) is 37.0 Å². The van der Waals surface area contributed by atoms with Crippen LogP contribution in [0.4, 0.5) is 11.5 Å². The molecular weight excluding hydrogens is 390 g/mol. The van der Waals surface area contributed by atoms with E-state index >= 15 is 0 Å². The van der Waals surface area contributed by atoms with Gasteiger partial charge in [0, 0.05) is 44.1 Å². The molecule has 158 valence electrons. The molecule has 2 aliphatic heterocycles. The van der Waals surface area contributed by atoms with Crippen LogP contribution in [0.3, 0.4) is 0 Å². The maximum atomic E-state index is 12.6. The van der Waals surface area contributed by atoms with E-state index in [0.29, 0.717) is 17.6 Å². The highest BCUT2D eigenvalue weighted by Crippen LogP contribution is 2.19. The first kappa shape index (κ1) is 19.8. The van der Waals surface area contributed by atoms with Gasteiger partial charge in [0.05, 0.1) is 12.3 Å². The van der Waals surface area contributed by atoms with Gasteiger partial charge in [-0.15, -0.1) is 0 Å². The Hall–Kier alpha value is -3.47. The normalized spacial score (nSPS) is 20.5. The van der Waals surface area contributed by atoms with E-state index < -0.39 is 17.9 Å². The van der Waals surface area contributed by atoms with Crippen molar-refractivity contribution in [1.29, 1.82) is 0 Å². The number of amides is 2. The van der Waals surface area contributed by atoms with E-state index in [1.54, 1.807) is 19.3 Å². The maximum Gasteiger partial charge on any atom is 0.271 e. The Bertz CT molecular complexity index is 981. The van der Waals surface area contributed by atoms with Gasteiger partial charge in [0.2, 0.25) is 5.90 Å². The van der Waals surface area contributed by atoms with Gasteiger partial charge in [-0.2, -0.15) is 5.10 Å². The Labute approximate surface area is 172 Å². The van der Waals surface area contributed by atoms with Crippen molar-refractivity contribution >= 4 is 29.2 Å². The predicted molar refractivity (Wildman–Crippen MR) is 108 cm³/mol. The summed E-state index contributed by atoms with van der Waals surface area (Å²) in [6.45, 7) is 2.43. The topological polar surface area (TPSA) is 146 Å². The molecule has 2 unspecified atom stereocenters. The standard InChI is InChI=1S/C19H23N7O4/c1-26-8-13(16(25-26)17(20)27)23-18(28)14-10-30-19(24-14)12-2-4-21-15(6-12)22-7-11-3-5-29-9-11/h2,4,6,8,11,14H,3,5,7,9-10H2,1H3,(H2,20,27)(H,21,22)(H,23,28). The number of carbonyl (C=O) groups is 2. The van der Waals surface area contributed by atoms with Gasteiger partial charge < -0.3 is 25.8 Å². The Morgan fingerprint density at radius 1 is 1.37 bits per heavy atom. The lowest BCUT2D eigenvalue weighted by Crippen LogP contribution is -2.28. The summed E-state index contributed by atoms with van der Waals surface area (Å²) < 4.78 is 12.4. The molecule has 0 radical (unpaired) electrons. The molecule has 4 heterocycles. The summed E-state index contributed by atoms with van der Waals surface area (Å²) in [6.07, 6.45) is 4.21. The van der Waals surface area contributed by atoms with Crippen molar-refractivity contribution in [2.45, 2.75) is 12.5 Å². The highest BCUT2D eigenvalue weighted by molar-refractivity contribution is 6.05. The van der Waals surface area contributed by atoms with Crippen LogP contribution in [0.25, 0.3) is 0 Å². The van der Waals surface area contributed by atoms with E-state index in [1.807, 2.05) is 6.07 Å². The monoisotopic (exact) mass is 413 g/mol. The minimum Gasteiger partial charge on any atom is -0.475 e. The summed E-state index contributed by atoms with van der Waals surface area (Å²) in [5.41, 5.74) is 6.26. The lowest BCUT2D eigenvalue weighted by Gasteiger charge is -2.10. The molecule has 2 atom stereocenters. The number of rotatable bonds is 7. The zero-order valence-corrected chi connectivity index (χ0v) is 16.5. The summed E-state index contributed by atoms with van der Waals surface area (Å²) in [4.78, 5) is 32.7. The fourth-order valence-electron chi connectivity index (χ4n) is 3.30. The van der Waals surface area contributed by atoms with E-state index in [0.717, 1.165) is 31.7 Å². The molecule has 30 heavy (non-hydrogen) atoms. The molecule has 1 fully saturated rings. The van der Waals surface area contributed by atoms with Gasteiger partial charge in [-0.3, -0.25) is 14.3 Å². The van der Waals surface area contributed by atoms with E-state index in [1.165, 1.54) is 10.9 Å². The van der Waals surface area contributed by atoms with E-state index in [9.17, 15) is 9.59 Å². The molecule has 2 amide bonds. The maximum absolute atomic E-state index is 12.6. The third-order valence-corrected chi connectivity index (χ3v) is 4.88. The van der Waals surface area contributed by atoms with Crippen LogP contribution in [0.2, 0.25) is 0 Å². The van der Waals surface area contributed by atoms with Gasteiger partial charge in [-0.05, 0) is 18.6 Å². The van der Waals surface area contributed by atoms with Crippen LogP contribution in [0.5, 0.6) is 0 Å². The fourth-order valence-corrected chi connectivity index (χ4v) is 3.30. The summed E-state index contributed by atoms with van der Waals surface area (Å²) in [5.74, 6) is 0.417. The number of nitrogens with two attached hydrogens (primary N) is 1. The molecule has 0 bridgehead atoms. The minimum atomic E-state index is -0.749. The van der Waals surface area contributed by atoms with Crippen LogP contribution < -0.4 is 16.4 Å². The second kappa shape index (κ2) is 8.49. The largest absolute Gasteiger partial charge is 0.475 e. The molecule has 0 aromatic carbocycles. The molecule has 0 spiro atoms. The Balaban J connectivity index is 1.41. The summed E-state index contributed by atoms with van der Waals surface area (Å²) >= 11 is 0. The van der Waals surface area contributed by atoms with Crippen LogP contribution in [-0.4, -0.2) is 64.9 Å². The van der Waals surface area contributed by atoms with Gasteiger partial charge >= 0.3 is 0 Å². The molecular formula is C19H23N7O4. The van der Waals surface area contributed by atoms with E-state index in [2.05, 4.69) is 25.7 Å². The lowest BCUT2D eigenvalue weighted by molar-refractivity contribution is -0.117. The first-order valence-corrected chi connectivity index (χ1v) is 9.62. The van der Waals surface area contributed by atoms with Crippen molar-refractivity contribution in [2.24, 2.45) is 23.7 Å². The van der Waals surface area contributed by atoms with Crippen molar-refractivity contribution in [1.82, 2.24) is 14.8 Å². The number of ether oxygens (including phenoxy) is 2. The fraction of sp³-hybridized carbons (Fsp3) is 0.421. The number of hydrogen-bond donors (Lipinski definition) is 3. The quantitative estimate of drug-likeness (QED) is 0.585. The Morgan fingerprint density at radius 3 is 3.00 bits per heavy atom. The SMILES string of the molecule is Cn1cc(NC(=O)C2COC(c3ccnc(NCC4CCOC4)c3)=N2)c(C(N)=O)n1. The second-order valence-corrected chi connectivity index (χ2v) is 7.22. The van der Waals surface area contributed by atoms with Crippen molar-refractivity contribution in [3.8, 4) is 0 Å². The molecule has 2 aliphatic rings. The zero-order valence-electron chi connectivity index (χ0n) is 16.5. The summed E-state index contributed by atoms with van der Waals surface area (Å²) in [6, 6.07) is 2.86. The second-order valence-electron chi connectivity index (χ2n) is 7.22. The number of primary amides is 1. The average Bonchev–Trinajstić information content (AvgIpc) is 3.47. The number of nitrogens with zero attached hydrogens (tertiary/aromatic N) is 4. The van der Waals surface area contributed by atoms with Crippen LogP contribution in [-0.2, 0) is 21.3 Å².